The van der Waals surface area contributed by atoms with Crippen molar-refractivity contribution < 1.29 is 28.7 Å². The number of benzene rings is 2. The molecule has 0 aromatic heterocycles. The Balaban J connectivity index is 1.34. The smallest absolute Gasteiger partial charge is 0.331 e. The highest BCUT2D eigenvalue weighted by molar-refractivity contribution is 6.32. The van der Waals surface area contributed by atoms with Crippen LogP contribution < -0.4 is 4.74 Å². The summed E-state index contributed by atoms with van der Waals surface area (Å²) in [5.74, 6) is -0.645. The van der Waals surface area contributed by atoms with Crippen molar-refractivity contribution >= 4 is 35.1 Å². The Kier molecular flexibility index (Phi) is 6.74. The number of carbonyl (C=O) groups is 2. The minimum absolute atomic E-state index is 0.0612. The van der Waals surface area contributed by atoms with E-state index in [2.05, 4.69) is 0 Å². The van der Waals surface area contributed by atoms with Gasteiger partial charge in [-0.15, -0.1) is 0 Å². The average molecular weight is 470 g/mol. The third-order valence-electron chi connectivity index (χ3n) is 5.51. The quantitative estimate of drug-likeness (QED) is 0.257. The number of non-ortho nitro benzene ring substituents is 1. The van der Waals surface area contributed by atoms with Crippen molar-refractivity contribution in [1.82, 2.24) is 0 Å². The molecule has 33 heavy (non-hydrogen) atoms. The lowest BCUT2D eigenvalue weighted by atomic mass is 9.80. The third kappa shape index (κ3) is 5.40. The fourth-order valence-electron chi connectivity index (χ4n) is 3.87. The van der Waals surface area contributed by atoms with E-state index in [-0.39, 0.29) is 23.1 Å². The number of hydrogen-bond donors (Lipinski definition) is 0. The monoisotopic (exact) mass is 469 g/mol. The number of allylic oxidation sites excluding steroid dienone is 1. The highest BCUT2D eigenvalue weighted by atomic mass is 35.5. The molecule has 2 aromatic carbocycles. The van der Waals surface area contributed by atoms with Gasteiger partial charge in [-0.25, -0.2) is 4.79 Å². The molecule has 0 N–H and O–H groups in total. The van der Waals surface area contributed by atoms with Crippen LogP contribution in [-0.2, 0) is 19.1 Å². The highest BCUT2D eigenvalue weighted by Crippen LogP contribution is 2.36. The Labute approximate surface area is 194 Å². The fraction of sp³-hybridized carbons (Fsp3) is 0.250. The number of esters is 1. The standard InChI is InChI=1S/C24H20ClNO7/c25-19-6-1-2-7-20(19)33-22-14-31-21-13-17(9-10-18(21)24(22)28)32-23(27)11-8-15-4-3-5-16(12-15)26(29)30/h1-8,11-12,14,17-18,21H,9-10,13H2/b11-8+. The van der Waals surface area contributed by atoms with Gasteiger partial charge in [-0.3, -0.25) is 14.9 Å². The van der Waals surface area contributed by atoms with E-state index in [0.717, 1.165) is 0 Å². The molecule has 2 aliphatic rings. The first-order chi connectivity index (χ1) is 15.9. The first-order valence-corrected chi connectivity index (χ1v) is 10.7. The molecule has 0 bridgehead atoms. The lowest BCUT2D eigenvalue weighted by Gasteiger charge is -2.36. The van der Waals surface area contributed by atoms with Gasteiger partial charge < -0.3 is 14.2 Å². The van der Waals surface area contributed by atoms with Crippen LogP contribution in [-0.4, -0.2) is 28.9 Å². The number of ketones is 1. The van der Waals surface area contributed by atoms with E-state index in [1.807, 2.05) is 0 Å². The lowest BCUT2D eigenvalue weighted by molar-refractivity contribution is -0.384. The van der Waals surface area contributed by atoms with Gasteiger partial charge in [-0.1, -0.05) is 35.9 Å². The second kappa shape index (κ2) is 9.87. The molecule has 9 heteroatoms. The van der Waals surface area contributed by atoms with E-state index in [4.69, 9.17) is 25.8 Å². The van der Waals surface area contributed by atoms with Gasteiger partial charge in [0.25, 0.3) is 5.69 Å². The summed E-state index contributed by atoms with van der Waals surface area (Å²) >= 11 is 6.09. The summed E-state index contributed by atoms with van der Waals surface area (Å²) in [5.41, 5.74) is 0.455. The summed E-state index contributed by atoms with van der Waals surface area (Å²) in [6, 6.07) is 12.8. The molecular weight excluding hydrogens is 450 g/mol. The largest absolute Gasteiger partial charge is 0.493 e. The zero-order valence-electron chi connectivity index (χ0n) is 17.4. The molecule has 1 saturated carbocycles. The number of fused-ring (bicyclic) bond motifs is 1. The summed E-state index contributed by atoms with van der Waals surface area (Å²) in [5, 5.41) is 11.2. The second-order valence-electron chi connectivity index (χ2n) is 7.72. The molecule has 0 saturated heterocycles. The molecule has 0 radical (unpaired) electrons. The molecule has 170 valence electrons. The first-order valence-electron chi connectivity index (χ1n) is 10.4. The summed E-state index contributed by atoms with van der Waals surface area (Å²) in [6.45, 7) is 0. The van der Waals surface area contributed by atoms with Crippen molar-refractivity contribution in [2.45, 2.75) is 31.5 Å². The molecule has 2 aromatic rings. The highest BCUT2D eigenvalue weighted by Gasteiger charge is 2.42. The van der Waals surface area contributed by atoms with Crippen molar-refractivity contribution in [3.05, 3.63) is 87.3 Å². The number of Topliss-reactive ketones (excluding diaryl/α,β-unsaturated/α-hetero) is 1. The van der Waals surface area contributed by atoms with Crippen LogP contribution in [0.25, 0.3) is 6.08 Å². The maximum absolute atomic E-state index is 12.9. The van der Waals surface area contributed by atoms with Gasteiger partial charge in [0.15, 0.2) is 0 Å². The van der Waals surface area contributed by atoms with Crippen LogP contribution in [0.3, 0.4) is 0 Å². The van der Waals surface area contributed by atoms with Crippen LogP contribution in [0.1, 0.15) is 24.8 Å². The number of halogens is 1. The Morgan fingerprint density at radius 3 is 2.79 bits per heavy atom. The number of nitro benzene ring substituents is 1. The van der Waals surface area contributed by atoms with Crippen LogP contribution in [0.5, 0.6) is 5.75 Å². The van der Waals surface area contributed by atoms with E-state index in [9.17, 15) is 19.7 Å². The number of nitrogens with zero attached hydrogens (tertiary/aromatic N) is 1. The van der Waals surface area contributed by atoms with Crippen LogP contribution in [0.15, 0.2) is 66.6 Å². The van der Waals surface area contributed by atoms with Gasteiger partial charge in [-0.05, 0) is 36.6 Å². The fourth-order valence-corrected chi connectivity index (χ4v) is 4.04. The molecule has 1 heterocycles. The normalized spacial score (nSPS) is 22.2. The zero-order valence-corrected chi connectivity index (χ0v) is 18.1. The number of hydrogen-bond acceptors (Lipinski definition) is 7. The number of carbonyl (C=O) groups excluding carboxylic acids is 2. The van der Waals surface area contributed by atoms with E-state index in [0.29, 0.717) is 35.6 Å². The molecule has 0 spiro atoms. The molecular formula is C24H20ClNO7. The predicted octanol–water partition coefficient (Wildman–Crippen LogP) is 4.86. The lowest BCUT2D eigenvalue weighted by Crippen LogP contribution is -2.42. The summed E-state index contributed by atoms with van der Waals surface area (Å²) < 4.78 is 16.9. The molecule has 1 aliphatic carbocycles. The SMILES string of the molecule is O=C(/C=C/c1cccc([N+](=O)[O-])c1)OC1CCC2C(=O)C(Oc3ccccc3Cl)=COC2C1. The summed E-state index contributed by atoms with van der Waals surface area (Å²) in [6.07, 6.45) is 4.53. The molecule has 8 nitrogen and oxygen atoms in total. The van der Waals surface area contributed by atoms with Crippen LogP contribution in [0.2, 0.25) is 5.02 Å². The summed E-state index contributed by atoms with van der Waals surface area (Å²) in [7, 11) is 0. The molecule has 1 fully saturated rings. The molecule has 1 aliphatic heterocycles. The van der Waals surface area contributed by atoms with Crippen molar-refractivity contribution in [1.29, 1.82) is 0 Å². The Morgan fingerprint density at radius 2 is 2.00 bits per heavy atom. The van der Waals surface area contributed by atoms with Gasteiger partial charge in [0.05, 0.1) is 15.9 Å². The minimum atomic E-state index is -0.564. The van der Waals surface area contributed by atoms with Gasteiger partial charge in [0, 0.05) is 24.6 Å². The topological polar surface area (TPSA) is 105 Å². The van der Waals surface area contributed by atoms with Gasteiger partial charge in [0.2, 0.25) is 11.5 Å². The van der Waals surface area contributed by atoms with Gasteiger partial charge in [-0.2, -0.15) is 0 Å². The van der Waals surface area contributed by atoms with E-state index >= 15 is 0 Å². The number of para-hydroxylation sites is 1. The zero-order chi connectivity index (χ0) is 23.4. The van der Waals surface area contributed by atoms with Crippen LogP contribution >= 0.6 is 11.6 Å². The molecule has 0 amide bonds. The van der Waals surface area contributed by atoms with Crippen LogP contribution in [0, 0.1) is 16.0 Å². The van der Waals surface area contributed by atoms with Gasteiger partial charge >= 0.3 is 5.97 Å². The van der Waals surface area contributed by atoms with E-state index in [1.54, 1.807) is 36.4 Å². The van der Waals surface area contributed by atoms with E-state index in [1.165, 1.54) is 30.5 Å². The van der Waals surface area contributed by atoms with Crippen LogP contribution in [0.4, 0.5) is 5.69 Å². The predicted molar refractivity (Wildman–Crippen MR) is 119 cm³/mol. The van der Waals surface area contributed by atoms with Crippen molar-refractivity contribution in [2.75, 3.05) is 0 Å². The number of rotatable bonds is 6. The number of ether oxygens (including phenoxy) is 3. The molecule has 3 unspecified atom stereocenters. The Hall–Kier alpha value is -3.65. The minimum Gasteiger partial charge on any atom is -0.493 e. The number of nitro groups is 1. The maximum atomic E-state index is 12.9. The van der Waals surface area contributed by atoms with Crippen molar-refractivity contribution in [2.24, 2.45) is 5.92 Å². The second-order valence-corrected chi connectivity index (χ2v) is 8.12. The third-order valence-corrected chi connectivity index (χ3v) is 5.82. The van der Waals surface area contributed by atoms with Crippen molar-refractivity contribution in [3.63, 3.8) is 0 Å². The van der Waals surface area contributed by atoms with Gasteiger partial charge in [0.1, 0.15) is 24.2 Å². The average Bonchev–Trinajstić information content (AvgIpc) is 2.81. The first kappa shape index (κ1) is 22.5. The Bertz CT molecular complexity index is 1140. The Morgan fingerprint density at radius 1 is 1.18 bits per heavy atom. The maximum Gasteiger partial charge on any atom is 0.331 e. The summed E-state index contributed by atoms with van der Waals surface area (Å²) in [4.78, 5) is 35.4. The molecule has 4 rings (SSSR count). The van der Waals surface area contributed by atoms with E-state index < -0.39 is 23.1 Å². The molecule has 3 atom stereocenters. The van der Waals surface area contributed by atoms with Crippen molar-refractivity contribution in [3.8, 4) is 5.75 Å².